The number of ether oxygens (including phenoxy) is 2. The van der Waals surface area contributed by atoms with E-state index >= 15 is 0 Å². The molecule has 17 heavy (non-hydrogen) atoms. The number of benzene rings is 1. The average Bonchev–Trinajstić information content (AvgIpc) is 2.30. The minimum atomic E-state index is -0.441. The lowest BCUT2D eigenvalue weighted by molar-refractivity contribution is 0.0591. The third kappa shape index (κ3) is 3.37. The van der Waals surface area contributed by atoms with Gasteiger partial charge in [0.25, 0.3) is 0 Å². The lowest BCUT2D eigenvalue weighted by Gasteiger charge is -2.19. The van der Waals surface area contributed by atoms with Crippen LogP contribution in [0.15, 0.2) is 18.2 Å². The normalized spacial score (nSPS) is 12.3. The van der Waals surface area contributed by atoms with Crippen molar-refractivity contribution in [3.63, 3.8) is 0 Å². The second kappa shape index (κ2) is 5.57. The zero-order valence-electron chi connectivity index (χ0n) is 10.7. The molecule has 0 aromatic heterocycles. The highest BCUT2D eigenvalue weighted by molar-refractivity contribution is 5.93. The second-order valence-electron chi connectivity index (χ2n) is 4.31. The predicted molar refractivity (Wildman–Crippen MR) is 67.1 cm³/mol. The van der Waals surface area contributed by atoms with E-state index in [2.05, 4.69) is 13.8 Å². The van der Waals surface area contributed by atoms with E-state index in [9.17, 15) is 4.79 Å². The molecule has 0 spiro atoms. The highest BCUT2D eigenvalue weighted by Crippen LogP contribution is 2.24. The number of nitrogens with two attached hydrogens (primary N) is 1. The van der Waals surface area contributed by atoms with Crippen molar-refractivity contribution < 1.29 is 14.3 Å². The Labute approximate surface area is 102 Å². The fourth-order valence-corrected chi connectivity index (χ4v) is 1.26. The van der Waals surface area contributed by atoms with Gasteiger partial charge in [0.15, 0.2) is 0 Å². The van der Waals surface area contributed by atoms with Gasteiger partial charge in [-0.2, -0.15) is 0 Å². The van der Waals surface area contributed by atoms with Crippen LogP contribution < -0.4 is 10.5 Å². The van der Waals surface area contributed by atoms with Gasteiger partial charge in [0.1, 0.15) is 11.3 Å². The van der Waals surface area contributed by atoms with Gasteiger partial charge in [-0.15, -0.1) is 0 Å². The van der Waals surface area contributed by atoms with Crippen LogP contribution in [-0.2, 0) is 4.74 Å². The molecule has 0 aliphatic carbocycles. The summed E-state index contributed by atoms with van der Waals surface area (Å²) in [7, 11) is 1.33. The molecule has 0 aliphatic heterocycles. The van der Waals surface area contributed by atoms with Crippen molar-refractivity contribution in [3.05, 3.63) is 23.8 Å². The zero-order chi connectivity index (χ0) is 13.0. The monoisotopic (exact) mass is 237 g/mol. The first-order valence-electron chi connectivity index (χ1n) is 5.60. The van der Waals surface area contributed by atoms with Crippen molar-refractivity contribution in [2.75, 3.05) is 12.8 Å². The highest BCUT2D eigenvalue weighted by Gasteiger charge is 2.17. The molecule has 4 nitrogen and oxygen atoms in total. The van der Waals surface area contributed by atoms with E-state index in [1.54, 1.807) is 18.2 Å². The van der Waals surface area contributed by atoms with Gasteiger partial charge >= 0.3 is 5.97 Å². The summed E-state index contributed by atoms with van der Waals surface area (Å²) < 4.78 is 10.4. The number of carbonyl (C=O) groups is 1. The Kier molecular flexibility index (Phi) is 4.37. The summed E-state index contributed by atoms with van der Waals surface area (Å²) in [5.74, 6) is 0.425. The molecular formula is C13H19NO3. The van der Waals surface area contributed by atoms with Gasteiger partial charge < -0.3 is 15.2 Å². The molecule has 1 aromatic carbocycles. The van der Waals surface area contributed by atoms with E-state index in [1.807, 2.05) is 6.92 Å². The molecule has 0 saturated carbocycles. The van der Waals surface area contributed by atoms with Crippen LogP contribution in [0.1, 0.15) is 31.1 Å². The molecule has 0 amide bonds. The van der Waals surface area contributed by atoms with E-state index in [4.69, 9.17) is 15.2 Å². The summed E-state index contributed by atoms with van der Waals surface area (Å²) >= 11 is 0. The molecule has 0 fully saturated rings. The van der Waals surface area contributed by atoms with Gasteiger partial charge in [0.2, 0.25) is 0 Å². The Morgan fingerprint density at radius 3 is 2.47 bits per heavy atom. The van der Waals surface area contributed by atoms with Crippen molar-refractivity contribution in [1.82, 2.24) is 0 Å². The Morgan fingerprint density at radius 1 is 1.29 bits per heavy atom. The third-order valence-corrected chi connectivity index (χ3v) is 2.66. The molecule has 0 saturated heterocycles. The molecule has 1 rings (SSSR count). The summed E-state index contributed by atoms with van der Waals surface area (Å²) in [6.45, 7) is 6.07. The number of hydrogen-bond donors (Lipinski definition) is 1. The molecule has 1 unspecified atom stereocenters. The van der Waals surface area contributed by atoms with Crippen LogP contribution in [0.3, 0.4) is 0 Å². The largest absolute Gasteiger partial charge is 0.490 e. The maximum atomic E-state index is 11.6. The second-order valence-corrected chi connectivity index (χ2v) is 4.31. The summed E-state index contributed by atoms with van der Waals surface area (Å²) in [6.07, 6.45) is 0.0158. The molecule has 0 bridgehead atoms. The molecule has 0 aliphatic rings. The van der Waals surface area contributed by atoms with Gasteiger partial charge in [-0.05, 0) is 31.0 Å². The first-order chi connectivity index (χ1) is 7.95. The Morgan fingerprint density at radius 2 is 1.94 bits per heavy atom. The van der Waals surface area contributed by atoms with Gasteiger partial charge in [-0.25, -0.2) is 4.79 Å². The number of nitrogen functional groups attached to an aromatic ring is 1. The number of anilines is 1. The molecular weight excluding hydrogens is 218 g/mol. The van der Waals surface area contributed by atoms with Gasteiger partial charge in [-0.3, -0.25) is 0 Å². The van der Waals surface area contributed by atoms with Gasteiger partial charge in [0.05, 0.1) is 13.2 Å². The summed E-state index contributed by atoms with van der Waals surface area (Å²) in [5, 5.41) is 0. The number of hydrogen-bond acceptors (Lipinski definition) is 4. The maximum Gasteiger partial charge on any atom is 0.341 e. The quantitative estimate of drug-likeness (QED) is 0.645. The first-order valence-corrected chi connectivity index (χ1v) is 5.60. The van der Waals surface area contributed by atoms with Crippen LogP contribution >= 0.6 is 0 Å². The average molecular weight is 237 g/mol. The molecule has 0 heterocycles. The molecule has 2 N–H and O–H groups in total. The molecule has 0 radical (unpaired) electrons. The van der Waals surface area contributed by atoms with E-state index in [1.165, 1.54) is 7.11 Å². The minimum absolute atomic E-state index is 0.0158. The van der Waals surface area contributed by atoms with E-state index in [0.29, 0.717) is 22.9 Å². The molecule has 4 heteroatoms. The van der Waals surface area contributed by atoms with Crippen LogP contribution in [0, 0.1) is 5.92 Å². The lowest BCUT2D eigenvalue weighted by Crippen LogP contribution is -2.20. The minimum Gasteiger partial charge on any atom is -0.490 e. The molecule has 94 valence electrons. The summed E-state index contributed by atoms with van der Waals surface area (Å²) in [4.78, 5) is 11.6. The van der Waals surface area contributed by atoms with Crippen molar-refractivity contribution in [2.24, 2.45) is 5.92 Å². The van der Waals surface area contributed by atoms with Crippen LogP contribution in [0.25, 0.3) is 0 Å². The van der Waals surface area contributed by atoms with Crippen LogP contribution in [-0.4, -0.2) is 19.2 Å². The zero-order valence-corrected chi connectivity index (χ0v) is 10.7. The standard InChI is InChI=1S/C13H19NO3/c1-8(2)9(3)17-12-6-5-10(14)7-11(12)13(15)16-4/h5-9H,14H2,1-4H3. The Bertz CT molecular complexity index is 402. The van der Waals surface area contributed by atoms with E-state index in [-0.39, 0.29) is 6.10 Å². The van der Waals surface area contributed by atoms with Crippen LogP contribution in [0.2, 0.25) is 0 Å². The van der Waals surface area contributed by atoms with Crippen molar-refractivity contribution in [1.29, 1.82) is 0 Å². The number of methoxy groups -OCH3 is 1. The first kappa shape index (κ1) is 13.4. The number of carbonyl (C=O) groups excluding carboxylic acids is 1. The Hall–Kier alpha value is -1.71. The summed E-state index contributed by atoms with van der Waals surface area (Å²) in [6, 6.07) is 4.96. The van der Waals surface area contributed by atoms with Gasteiger partial charge in [0, 0.05) is 5.69 Å². The van der Waals surface area contributed by atoms with Crippen molar-refractivity contribution >= 4 is 11.7 Å². The smallest absolute Gasteiger partial charge is 0.341 e. The van der Waals surface area contributed by atoms with Crippen molar-refractivity contribution in [3.8, 4) is 5.75 Å². The number of esters is 1. The van der Waals surface area contributed by atoms with Crippen LogP contribution in [0.5, 0.6) is 5.75 Å². The molecule has 1 aromatic rings. The highest BCUT2D eigenvalue weighted by atomic mass is 16.5. The fourth-order valence-electron chi connectivity index (χ4n) is 1.26. The topological polar surface area (TPSA) is 61.5 Å². The van der Waals surface area contributed by atoms with Gasteiger partial charge in [-0.1, -0.05) is 13.8 Å². The SMILES string of the molecule is COC(=O)c1cc(N)ccc1OC(C)C(C)C. The fraction of sp³-hybridized carbons (Fsp3) is 0.462. The third-order valence-electron chi connectivity index (χ3n) is 2.66. The Balaban J connectivity index is 3.02. The lowest BCUT2D eigenvalue weighted by atomic mass is 10.1. The van der Waals surface area contributed by atoms with E-state index in [0.717, 1.165) is 0 Å². The number of rotatable bonds is 4. The predicted octanol–water partition coefficient (Wildman–Crippen LogP) is 2.48. The van der Waals surface area contributed by atoms with E-state index < -0.39 is 5.97 Å². The van der Waals surface area contributed by atoms with Crippen molar-refractivity contribution in [2.45, 2.75) is 26.9 Å². The summed E-state index contributed by atoms with van der Waals surface area (Å²) in [5.41, 5.74) is 6.52. The van der Waals surface area contributed by atoms with Crippen LogP contribution in [0.4, 0.5) is 5.69 Å². The molecule has 1 atom stereocenters. The maximum absolute atomic E-state index is 11.6.